The molecule has 1 aliphatic heterocycles. The van der Waals surface area contributed by atoms with E-state index >= 15 is 0 Å². The normalized spacial score (nSPS) is 16.8. The third kappa shape index (κ3) is 4.14. The van der Waals surface area contributed by atoms with E-state index in [2.05, 4.69) is 0 Å². The molecule has 1 heterocycles. The van der Waals surface area contributed by atoms with Gasteiger partial charge in [0.05, 0.1) is 37.0 Å². The molecule has 0 bridgehead atoms. The Morgan fingerprint density at radius 1 is 1.33 bits per heavy atom. The number of hydrogen-bond donors (Lipinski definition) is 0. The number of ether oxygens (including phenoxy) is 3. The highest BCUT2D eigenvalue weighted by Crippen LogP contribution is 2.37. The van der Waals surface area contributed by atoms with Gasteiger partial charge in [-0.15, -0.1) is 0 Å². The second-order valence-corrected chi connectivity index (χ2v) is 6.80. The second-order valence-electron chi connectivity index (χ2n) is 6.39. The quantitative estimate of drug-likeness (QED) is 0.779. The van der Waals surface area contributed by atoms with E-state index < -0.39 is 0 Å². The lowest BCUT2D eigenvalue weighted by atomic mass is 10.0. The van der Waals surface area contributed by atoms with Crippen LogP contribution >= 0.6 is 11.6 Å². The van der Waals surface area contributed by atoms with Gasteiger partial charge in [-0.25, -0.2) is 0 Å². The Bertz CT molecular complexity index is 589. The average molecular weight is 356 g/mol. The van der Waals surface area contributed by atoms with Gasteiger partial charge in [0.1, 0.15) is 0 Å². The Kier molecular flexibility index (Phi) is 6.35. The number of nitrogens with zero attached hydrogens (tertiary/aromatic N) is 1. The first-order valence-electron chi connectivity index (χ1n) is 8.39. The Balaban J connectivity index is 2.34. The number of carbonyl (C=O) groups is 1. The number of morpholine rings is 1. The Morgan fingerprint density at radius 2 is 2.08 bits per heavy atom. The maximum absolute atomic E-state index is 13.0. The number of rotatable bonds is 6. The highest BCUT2D eigenvalue weighted by molar-refractivity contribution is 6.32. The Hall–Kier alpha value is -1.46. The Morgan fingerprint density at radius 3 is 2.71 bits per heavy atom. The van der Waals surface area contributed by atoms with Crippen LogP contribution in [-0.4, -0.2) is 49.3 Å². The molecule has 1 aliphatic rings. The van der Waals surface area contributed by atoms with E-state index in [-0.39, 0.29) is 11.4 Å². The van der Waals surface area contributed by atoms with Crippen LogP contribution in [0.15, 0.2) is 12.1 Å². The van der Waals surface area contributed by atoms with E-state index in [9.17, 15) is 4.79 Å². The van der Waals surface area contributed by atoms with Crippen molar-refractivity contribution in [2.75, 3.05) is 33.0 Å². The smallest absolute Gasteiger partial charge is 0.254 e. The van der Waals surface area contributed by atoms with Crippen molar-refractivity contribution in [2.24, 2.45) is 0 Å². The van der Waals surface area contributed by atoms with Crippen molar-refractivity contribution in [1.29, 1.82) is 0 Å². The minimum Gasteiger partial charge on any atom is -0.490 e. The van der Waals surface area contributed by atoms with Gasteiger partial charge in [-0.3, -0.25) is 4.79 Å². The fraction of sp³-hybridized carbons (Fsp3) is 0.611. The molecule has 0 atom stereocenters. The van der Waals surface area contributed by atoms with Gasteiger partial charge in [0.15, 0.2) is 11.5 Å². The van der Waals surface area contributed by atoms with Crippen molar-refractivity contribution in [3.05, 3.63) is 22.7 Å². The summed E-state index contributed by atoms with van der Waals surface area (Å²) in [6.45, 7) is 10.5. The SMILES string of the molecule is CCCOc1c(Cl)cc(C(=O)N2CCOCC2(C)C)cc1OCC. The maximum Gasteiger partial charge on any atom is 0.254 e. The zero-order valence-electron chi connectivity index (χ0n) is 14.9. The predicted octanol–water partition coefficient (Wildman–Crippen LogP) is 3.78. The summed E-state index contributed by atoms with van der Waals surface area (Å²) in [5.74, 6) is 0.930. The third-order valence-corrected chi connectivity index (χ3v) is 4.18. The number of carbonyl (C=O) groups excluding carboxylic acids is 1. The first kappa shape index (κ1) is 18.9. The molecule has 1 saturated heterocycles. The van der Waals surface area contributed by atoms with Crippen LogP contribution in [-0.2, 0) is 4.74 Å². The van der Waals surface area contributed by atoms with Crippen LogP contribution in [0.4, 0.5) is 0 Å². The van der Waals surface area contributed by atoms with Gasteiger partial charge in [-0.2, -0.15) is 0 Å². The first-order chi connectivity index (χ1) is 11.4. The summed E-state index contributed by atoms with van der Waals surface area (Å²) in [4.78, 5) is 14.8. The summed E-state index contributed by atoms with van der Waals surface area (Å²) in [7, 11) is 0. The predicted molar refractivity (Wildman–Crippen MR) is 94.3 cm³/mol. The zero-order chi connectivity index (χ0) is 17.7. The van der Waals surface area contributed by atoms with E-state index in [1.165, 1.54) is 0 Å². The summed E-state index contributed by atoms with van der Waals surface area (Å²) < 4.78 is 16.8. The molecule has 1 aromatic rings. The summed E-state index contributed by atoms with van der Waals surface area (Å²) in [6, 6.07) is 3.37. The molecule has 134 valence electrons. The molecule has 0 spiro atoms. The van der Waals surface area contributed by atoms with Crippen LogP contribution < -0.4 is 9.47 Å². The van der Waals surface area contributed by atoms with Gasteiger partial charge < -0.3 is 19.1 Å². The average Bonchev–Trinajstić information content (AvgIpc) is 2.53. The molecule has 2 rings (SSSR count). The minimum atomic E-state index is -0.356. The van der Waals surface area contributed by atoms with Crippen molar-refractivity contribution in [3.63, 3.8) is 0 Å². The number of amides is 1. The summed E-state index contributed by atoms with van der Waals surface area (Å²) in [6.07, 6.45) is 0.866. The summed E-state index contributed by atoms with van der Waals surface area (Å²) in [5, 5.41) is 0.392. The molecule has 6 heteroatoms. The van der Waals surface area contributed by atoms with Gasteiger partial charge in [0.25, 0.3) is 5.91 Å². The number of halogens is 1. The number of benzene rings is 1. The van der Waals surface area contributed by atoms with Crippen LogP contribution in [0.1, 0.15) is 44.5 Å². The van der Waals surface area contributed by atoms with Gasteiger partial charge in [-0.05, 0) is 39.3 Å². The molecule has 1 aromatic carbocycles. The third-order valence-electron chi connectivity index (χ3n) is 3.90. The van der Waals surface area contributed by atoms with Crippen LogP contribution in [0.25, 0.3) is 0 Å². The largest absolute Gasteiger partial charge is 0.490 e. The van der Waals surface area contributed by atoms with Crippen LogP contribution in [0.2, 0.25) is 5.02 Å². The fourth-order valence-corrected chi connectivity index (χ4v) is 2.95. The van der Waals surface area contributed by atoms with Gasteiger partial charge in [-0.1, -0.05) is 18.5 Å². The zero-order valence-corrected chi connectivity index (χ0v) is 15.6. The van der Waals surface area contributed by atoms with E-state index in [1.54, 1.807) is 12.1 Å². The molecule has 1 amide bonds. The minimum absolute atomic E-state index is 0.0757. The molecule has 5 nitrogen and oxygen atoms in total. The Labute approximate surface area is 148 Å². The van der Waals surface area contributed by atoms with E-state index in [1.807, 2.05) is 32.6 Å². The lowest BCUT2D eigenvalue weighted by Gasteiger charge is -2.42. The highest BCUT2D eigenvalue weighted by atomic mass is 35.5. The molecule has 24 heavy (non-hydrogen) atoms. The highest BCUT2D eigenvalue weighted by Gasteiger charge is 2.35. The van der Waals surface area contributed by atoms with Gasteiger partial charge in [0.2, 0.25) is 0 Å². The molecule has 0 unspecified atom stereocenters. The molecule has 0 radical (unpaired) electrons. The molecule has 0 aliphatic carbocycles. The van der Waals surface area contributed by atoms with Crippen LogP contribution in [0.3, 0.4) is 0 Å². The molecule has 0 saturated carbocycles. The molecular formula is C18H26ClNO4. The van der Waals surface area contributed by atoms with Crippen molar-refractivity contribution < 1.29 is 19.0 Å². The monoisotopic (exact) mass is 355 g/mol. The second kappa shape index (κ2) is 8.08. The van der Waals surface area contributed by atoms with Crippen molar-refractivity contribution in [1.82, 2.24) is 4.90 Å². The summed E-state index contributed by atoms with van der Waals surface area (Å²) >= 11 is 6.36. The summed E-state index contributed by atoms with van der Waals surface area (Å²) in [5.41, 5.74) is 0.146. The molecule has 1 fully saturated rings. The molecule has 0 aromatic heterocycles. The topological polar surface area (TPSA) is 48.0 Å². The number of hydrogen-bond acceptors (Lipinski definition) is 4. The van der Waals surface area contributed by atoms with Crippen molar-refractivity contribution >= 4 is 17.5 Å². The lowest BCUT2D eigenvalue weighted by Crippen LogP contribution is -2.55. The van der Waals surface area contributed by atoms with Crippen LogP contribution in [0.5, 0.6) is 11.5 Å². The molecule has 0 N–H and O–H groups in total. The van der Waals surface area contributed by atoms with E-state index in [4.69, 9.17) is 25.8 Å². The van der Waals surface area contributed by atoms with E-state index in [0.29, 0.717) is 55.1 Å². The van der Waals surface area contributed by atoms with Crippen molar-refractivity contribution in [2.45, 2.75) is 39.7 Å². The first-order valence-corrected chi connectivity index (χ1v) is 8.77. The van der Waals surface area contributed by atoms with Crippen molar-refractivity contribution in [3.8, 4) is 11.5 Å². The van der Waals surface area contributed by atoms with E-state index in [0.717, 1.165) is 6.42 Å². The van der Waals surface area contributed by atoms with Gasteiger partial charge in [0, 0.05) is 12.1 Å². The fourth-order valence-electron chi connectivity index (χ4n) is 2.69. The molecular weight excluding hydrogens is 330 g/mol. The lowest BCUT2D eigenvalue weighted by molar-refractivity contribution is -0.0370. The standard InChI is InChI=1S/C18H26ClNO4/c1-5-8-24-16-14(19)10-13(11-15(16)23-6-2)17(21)20-7-9-22-12-18(20,3)4/h10-11H,5-9,12H2,1-4H3. The maximum atomic E-state index is 13.0. The van der Waals surface area contributed by atoms with Crippen LogP contribution in [0, 0.1) is 0 Å². The van der Waals surface area contributed by atoms with Gasteiger partial charge >= 0.3 is 0 Å².